The van der Waals surface area contributed by atoms with Crippen LogP contribution in [-0.2, 0) is 0 Å². The van der Waals surface area contributed by atoms with Crippen LogP contribution < -0.4 is 30.7 Å². The van der Waals surface area contributed by atoms with E-state index >= 15 is 0 Å². The molecule has 2 fully saturated rings. The number of hydrogen-bond acceptors (Lipinski definition) is 9. The van der Waals surface area contributed by atoms with Gasteiger partial charge in [0.15, 0.2) is 11.6 Å². The van der Waals surface area contributed by atoms with E-state index in [0.29, 0.717) is 29.6 Å². The Bertz CT molecular complexity index is 904. The first-order valence-electron chi connectivity index (χ1n) is 11.9. The molecule has 0 saturated carbocycles. The topological polar surface area (TPSA) is 105 Å². The fourth-order valence-electron chi connectivity index (χ4n) is 4.39. The van der Waals surface area contributed by atoms with Crippen LogP contribution in [0.5, 0.6) is 17.5 Å². The fraction of sp³-hybridized carbons (Fsp3) is 0.609. The van der Waals surface area contributed by atoms with E-state index in [0.717, 1.165) is 51.9 Å². The molecule has 33 heavy (non-hydrogen) atoms. The van der Waals surface area contributed by atoms with Crippen LogP contribution >= 0.6 is 0 Å². The summed E-state index contributed by atoms with van der Waals surface area (Å²) in [6, 6.07) is 5.07. The van der Waals surface area contributed by atoms with Gasteiger partial charge in [-0.2, -0.15) is 15.0 Å². The molecule has 0 spiro atoms. The Hall–Kier alpha value is -2.72. The summed E-state index contributed by atoms with van der Waals surface area (Å²) in [6.45, 7) is 6.01. The lowest BCUT2D eigenvalue weighted by Gasteiger charge is -2.24. The summed E-state index contributed by atoms with van der Waals surface area (Å²) >= 11 is 0. The average Bonchev–Trinajstić information content (AvgIpc) is 3.37. The number of aromatic nitrogens is 3. The summed E-state index contributed by atoms with van der Waals surface area (Å²) < 4.78 is 24.9. The van der Waals surface area contributed by atoms with Crippen LogP contribution in [0.4, 0.5) is 16.3 Å². The predicted octanol–water partition coefficient (Wildman–Crippen LogP) is 3.17. The number of hydrogen-bond donors (Lipinski definition) is 4. The van der Waals surface area contributed by atoms with E-state index < -0.39 is 5.82 Å². The minimum atomic E-state index is -0.509. The maximum Gasteiger partial charge on any atom is 0.328 e. The molecular weight excluding hydrogens is 425 g/mol. The van der Waals surface area contributed by atoms with Crippen LogP contribution in [0.1, 0.15) is 39.0 Å². The van der Waals surface area contributed by atoms with Crippen LogP contribution in [0.25, 0.3) is 0 Å². The smallest absolute Gasteiger partial charge is 0.328 e. The summed E-state index contributed by atoms with van der Waals surface area (Å²) in [7, 11) is 1.42. The lowest BCUT2D eigenvalue weighted by atomic mass is 9.98. The quantitative estimate of drug-likeness (QED) is 0.426. The van der Waals surface area contributed by atoms with Crippen molar-refractivity contribution in [2.45, 2.75) is 51.1 Å². The third-order valence-corrected chi connectivity index (χ3v) is 6.29. The standard InChI is InChI=1S/C23H34FN7O2/c1-3-18(19-5-4-10-26-19)28-22-29-21(27-14-15-8-11-25-12-9-15)30-23(31-22)33-16-6-7-20(32-2)17(24)13-16/h6-7,13,15,18-19,25-26H,3-5,8-12,14H2,1-2H3,(H2,27,28,29,30,31). The Labute approximate surface area is 194 Å². The molecule has 2 aliphatic rings. The van der Waals surface area contributed by atoms with Gasteiger partial charge in [-0.25, -0.2) is 4.39 Å². The van der Waals surface area contributed by atoms with Gasteiger partial charge in [0.1, 0.15) is 5.75 Å². The van der Waals surface area contributed by atoms with Gasteiger partial charge in [-0.15, -0.1) is 0 Å². The van der Waals surface area contributed by atoms with Gasteiger partial charge in [-0.3, -0.25) is 0 Å². The van der Waals surface area contributed by atoms with Crippen molar-refractivity contribution >= 4 is 11.9 Å². The molecule has 180 valence electrons. The van der Waals surface area contributed by atoms with Crippen LogP contribution in [0.3, 0.4) is 0 Å². The van der Waals surface area contributed by atoms with E-state index in [1.54, 1.807) is 6.07 Å². The normalized spacial score (nSPS) is 19.8. The first-order valence-corrected chi connectivity index (χ1v) is 11.9. The zero-order valence-electron chi connectivity index (χ0n) is 19.4. The molecule has 0 radical (unpaired) electrons. The highest BCUT2D eigenvalue weighted by Gasteiger charge is 2.24. The molecule has 0 amide bonds. The van der Waals surface area contributed by atoms with Crippen LogP contribution in [-0.4, -0.2) is 60.3 Å². The monoisotopic (exact) mass is 459 g/mol. The Morgan fingerprint density at radius 1 is 1.12 bits per heavy atom. The molecule has 1 aromatic heterocycles. The van der Waals surface area contributed by atoms with Gasteiger partial charge in [0.25, 0.3) is 0 Å². The van der Waals surface area contributed by atoms with Gasteiger partial charge >= 0.3 is 6.01 Å². The third-order valence-electron chi connectivity index (χ3n) is 6.29. The summed E-state index contributed by atoms with van der Waals surface area (Å²) in [5.74, 6) is 1.39. The highest BCUT2D eigenvalue weighted by Crippen LogP contribution is 2.26. The second kappa shape index (κ2) is 11.4. The molecular formula is C23H34FN7O2. The number of piperidine rings is 1. The number of benzene rings is 1. The fourth-order valence-corrected chi connectivity index (χ4v) is 4.39. The Morgan fingerprint density at radius 2 is 1.94 bits per heavy atom. The summed E-state index contributed by atoms with van der Waals surface area (Å²) in [6.07, 6.45) is 5.44. The molecule has 10 heteroatoms. The largest absolute Gasteiger partial charge is 0.494 e. The van der Waals surface area contributed by atoms with E-state index in [1.165, 1.54) is 25.7 Å². The number of ether oxygens (including phenoxy) is 2. The number of methoxy groups -OCH3 is 1. The first-order chi connectivity index (χ1) is 16.1. The molecule has 2 aromatic rings. The van der Waals surface area contributed by atoms with Crippen molar-refractivity contribution in [2.75, 3.05) is 43.9 Å². The van der Waals surface area contributed by atoms with Crippen LogP contribution in [0, 0.1) is 11.7 Å². The van der Waals surface area contributed by atoms with Gasteiger partial charge < -0.3 is 30.7 Å². The van der Waals surface area contributed by atoms with Crippen molar-refractivity contribution in [3.05, 3.63) is 24.0 Å². The highest BCUT2D eigenvalue weighted by atomic mass is 19.1. The minimum Gasteiger partial charge on any atom is -0.494 e. The van der Waals surface area contributed by atoms with Gasteiger partial charge in [0, 0.05) is 24.7 Å². The van der Waals surface area contributed by atoms with Crippen molar-refractivity contribution < 1.29 is 13.9 Å². The van der Waals surface area contributed by atoms with E-state index in [9.17, 15) is 4.39 Å². The second-order valence-electron chi connectivity index (χ2n) is 8.60. The summed E-state index contributed by atoms with van der Waals surface area (Å²) in [5.41, 5.74) is 0. The third kappa shape index (κ3) is 6.42. The molecule has 4 N–H and O–H groups in total. The molecule has 3 heterocycles. The molecule has 2 aliphatic heterocycles. The van der Waals surface area contributed by atoms with Crippen molar-refractivity contribution in [2.24, 2.45) is 5.92 Å². The first kappa shape index (κ1) is 23.4. The predicted molar refractivity (Wildman–Crippen MR) is 126 cm³/mol. The van der Waals surface area contributed by atoms with Gasteiger partial charge in [0.05, 0.1) is 7.11 Å². The Kier molecular flexibility index (Phi) is 8.11. The van der Waals surface area contributed by atoms with E-state index in [-0.39, 0.29) is 17.8 Å². The zero-order chi connectivity index (χ0) is 23.0. The molecule has 4 rings (SSSR count). The number of nitrogens with one attached hydrogen (secondary N) is 4. The SMILES string of the molecule is CCC(Nc1nc(NCC2CCNCC2)nc(Oc2ccc(OC)c(F)c2)n1)C1CCCN1. The minimum absolute atomic E-state index is 0.110. The second-order valence-corrected chi connectivity index (χ2v) is 8.60. The molecule has 2 atom stereocenters. The maximum atomic E-state index is 14.1. The number of nitrogens with zero attached hydrogens (tertiary/aromatic N) is 3. The van der Waals surface area contributed by atoms with E-state index in [4.69, 9.17) is 9.47 Å². The number of halogens is 1. The molecule has 2 unspecified atom stereocenters. The van der Waals surface area contributed by atoms with Crippen molar-refractivity contribution in [1.29, 1.82) is 0 Å². The van der Waals surface area contributed by atoms with Crippen molar-refractivity contribution in [3.8, 4) is 17.5 Å². The van der Waals surface area contributed by atoms with Gasteiger partial charge in [0.2, 0.25) is 11.9 Å². The van der Waals surface area contributed by atoms with Gasteiger partial charge in [-0.1, -0.05) is 6.92 Å². The lowest BCUT2D eigenvalue weighted by Crippen LogP contribution is -2.40. The lowest BCUT2D eigenvalue weighted by molar-refractivity contribution is 0.381. The van der Waals surface area contributed by atoms with E-state index in [1.807, 2.05) is 0 Å². The highest BCUT2D eigenvalue weighted by molar-refractivity contribution is 5.39. The van der Waals surface area contributed by atoms with Crippen molar-refractivity contribution in [3.63, 3.8) is 0 Å². The zero-order valence-corrected chi connectivity index (χ0v) is 19.4. The average molecular weight is 460 g/mol. The van der Waals surface area contributed by atoms with E-state index in [2.05, 4.69) is 43.1 Å². The van der Waals surface area contributed by atoms with Gasteiger partial charge in [-0.05, 0) is 69.8 Å². The molecule has 0 aliphatic carbocycles. The molecule has 0 bridgehead atoms. The summed E-state index contributed by atoms with van der Waals surface area (Å²) in [4.78, 5) is 13.5. The molecule has 2 saturated heterocycles. The maximum absolute atomic E-state index is 14.1. The number of rotatable bonds is 10. The summed E-state index contributed by atoms with van der Waals surface area (Å²) in [5, 5.41) is 13.7. The Balaban J connectivity index is 1.52. The van der Waals surface area contributed by atoms with Crippen LogP contribution in [0.15, 0.2) is 18.2 Å². The van der Waals surface area contributed by atoms with Crippen LogP contribution in [0.2, 0.25) is 0 Å². The van der Waals surface area contributed by atoms with Crippen molar-refractivity contribution in [1.82, 2.24) is 25.6 Å². The Morgan fingerprint density at radius 3 is 2.64 bits per heavy atom. The molecule has 9 nitrogen and oxygen atoms in total. The number of anilines is 2. The molecule has 1 aromatic carbocycles.